The molecule has 7 nitrogen and oxygen atoms in total. The third kappa shape index (κ3) is 3.71. The van der Waals surface area contributed by atoms with E-state index >= 15 is 0 Å². The summed E-state index contributed by atoms with van der Waals surface area (Å²) in [6.45, 7) is -0.543. The minimum Gasteiger partial charge on any atom is -0.394 e. The molecule has 0 unspecified atom stereocenters. The highest BCUT2D eigenvalue weighted by molar-refractivity contribution is 4.89. The van der Waals surface area contributed by atoms with Crippen LogP contribution in [0, 0.1) is 0 Å². The zero-order valence-electron chi connectivity index (χ0n) is 9.22. The molecule has 1 aliphatic rings. The molecular formula is C10H18O7. The zero-order valence-corrected chi connectivity index (χ0v) is 9.22. The Morgan fingerprint density at radius 2 is 1.71 bits per heavy atom. The first-order valence-corrected chi connectivity index (χ1v) is 5.29. The van der Waals surface area contributed by atoms with E-state index in [1.807, 2.05) is 0 Å². The highest BCUT2D eigenvalue weighted by Gasteiger charge is 2.43. The van der Waals surface area contributed by atoms with Gasteiger partial charge in [0.15, 0.2) is 6.29 Å². The van der Waals surface area contributed by atoms with Crippen molar-refractivity contribution in [3.8, 4) is 0 Å². The summed E-state index contributed by atoms with van der Waals surface area (Å²) in [5, 5.41) is 45.9. The highest BCUT2D eigenvalue weighted by atomic mass is 16.7. The van der Waals surface area contributed by atoms with Gasteiger partial charge in [0, 0.05) is 0 Å². The number of hydrogen-bond acceptors (Lipinski definition) is 7. The predicted molar refractivity (Wildman–Crippen MR) is 55.9 cm³/mol. The summed E-state index contributed by atoms with van der Waals surface area (Å²) >= 11 is 0. The summed E-state index contributed by atoms with van der Waals surface area (Å²) in [7, 11) is 0. The fraction of sp³-hybridized carbons (Fsp3) is 0.800. The van der Waals surface area contributed by atoms with Crippen LogP contribution in [0.1, 0.15) is 0 Å². The molecule has 0 amide bonds. The van der Waals surface area contributed by atoms with Crippen molar-refractivity contribution < 1.29 is 35.0 Å². The quantitative estimate of drug-likeness (QED) is 0.338. The summed E-state index contributed by atoms with van der Waals surface area (Å²) in [5.74, 6) is 0. The second-order valence-corrected chi connectivity index (χ2v) is 3.68. The van der Waals surface area contributed by atoms with Crippen LogP contribution in [0.25, 0.3) is 0 Å². The molecule has 1 rings (SSSR count). The molecule has 0 aromatic rings. The van der Waals surface area contributed by atoms with Crippen molar-refractivity contribution in [2.45, 2.75) is 30.7 Å². The molecule has 1 heterocycles. The lowest BCUT2D eigenvalue weighted by atomic mass is 9.99. The van der Waals surface area contributed by atoms with Gasteiger partial charge in [-0.1, -0.05) is 12.2 Å². The van der Waals surface area contributed by atoms with Crippen LogP contribution < -0.4 is 0 Å². The van der Waals surface area contributed by atoms with Crippen LogP contribution in [-0.4, -0.2) is 76.1 Å². The van der Waals surface area contributed by atoms with Crippen LogP contribution in [0.3, 0.4) is 0 Å². The number of rotatable bonds is 5. The first-order chi connectivity index (χ1) is 8.11. The smallest absolute Gasteiger partial charge is 0.187 e. The van der Waals surface area contributed by atoms with Crippen molar-refractivity contribution in [1.82, 2.24) is 0 Å². The van der Waals surface area contributed by atoms with E-state index in [1.165, 1.54) is 12.2 Å². The summed E-state index contributed by atoms with van der Waals surface area (Å²) < 4.78 is 10.2. The largest absolute Gasteiger partial charge is 0.394 e. The van der Waals surface area contributed by atoms with Crippen molar-refractivity contribution in [3.05, 3.63) is 12.2 Å². The van der Waals surface area contributed by atoms with E-state index in [9.17, 15) is 15.3 Å². The molecule has 1 saturated heterocycles. The van der Waals surface area contributed by atoms with Crippen LogP contribution in [0.5, 0.6) is 0 Å². The lowest BCUT2D eigenvalue weighted by Crippen LogP contribution is -2.59. The van der Waals surface area contributed by atoms with Gasteiger partial charge < -0.3 is 35.0 Å². The summed E-state index contributed by atoms with van der Waals surface area (Å²) in [6.07, 6.45) is -3.36. The topological polar surface area (TPSA) is 120 Å². The molecule has 0 radical (unpaired) electrons. The Bertz CT molecular complexity index is 243. The number of aliphatic hydroxyl groups is 5. The third-order valence-electron chi connectivity index (χ3n) is 2.48. The van der Waals surface area contributed by atoms with Gasteiger partial charge >= 0.3 is 0 Å². The van der Waals surface area contributed by atoms with Gasteiger partial charge in [-0.2, -0.15) is 0 Å². The maximum Gasteiger partial charge on any atom is 0.187 e. The van der Waals surface area contributed by atoms with Crippen LogP contribution in [0.2, 0.25) is 0 Å². The Hall–Kier alpha value is -0.540. The van der Waals surface area contributed by atoms with E-state index in [0.717, 1.165) is 0 Å². The molecule has 7 heteroatoms. The molecule has 0 saturated carbocycles. The van der Waals surface area contributed by atoms with E-state index in [-0.39, 0.29) is 13.2 Å². The van der Waals surface area contributed by atoms with E-state index in [4.69, 9.17) is 19.7 Å². The van der Waals surface area contributed by atoms with Gasteiger partial charge in [0.2, 0.25) is 0 Å². The minimum atomic E-state index is -1.44. The van der Waals surface area contributed by atoms with Crippen LogP contribution in [0.4, 0.5) is 0 Å². The van der Waals surface area contributed by atoms with Crippen molar-refractivity contribution in [2.75, 3.05) is 19.8 Å². The van der Waals surface area contributed by atoms with Gasteiger partial charge in [0.1, 0.15) is 24.4 Å². The van der Waals surface area contributed by atoms with E-state index in [0.29, 0.717) is 0 Å². The average molecular weight is 250 g/mol. The number of hydrogen-bond donors (Lipinski definition) is 5. The summed E-state index contributed by atoms with van der Waals surface area (Å²) in [4.78, 5) is 0. The maximum absolute atomic E-state index is 9.56. The lowest BCUT2D eigenvalue weighted by Gasteiger charge is -2.39. The van der Waals surface area contributed by atoms with Crippen molar-refractivity contribution >= 4 is 0 Å². The fourth-order valence-electron chi connectivity index (χ4n) is 1.50. The molecule has 1 fully saturated rings. The van der Waals surface area contributed by atoms with Gasteiger partial charge in [0.25, 0.3) is 0 Å². The Kier molecular flexibility index (Phi) is 6.00. The second kappa shape index (κ2) is 7.02. The molecule has 5 atom stereocenters. The molecular weight excluding hydrogens is 232 g/mol. The average Bonchev–Trinajstić information content (AvgIpc) is 2.34. The molecule has 0 aliphatic carbocycles. The second-order valence-electron chi connectivity index (χ2n) is 3.68. The Morgan fingerprint density at radius 1 is 1.00 bits per heavy atom. The van der Waals surface area contributed by atoms with Crippen LogP contribution in [0.15, 0.2) is 12.2 Å². The summed E-state index contributed by atoms with van der Waals surface area (Å²) in [5.41, 5.74) is 0. The normalized spacial score (nSPS) is 38.8. The molecule has 5 N–H and O–H groups in total. The SMILES string of the molecule is OC/C=C\CO[C@@H]1O[C@H](CO)[C@H](O)[C@H](O)[C@H]1O. The Morgan fingerprint density at radius 3 is 2.29 bits per heavy atom. The summed E-state index contributed by atoms with van der Waals surface area (Å²) in [6, 6.07) is 0. The van der Waals surface area contributed by atoms with Gasteiger partial charge in [0.05, 0.1) is 19.8 Å². The molecule has 0 spiro atoms. The lowest BCUT2D eigenvalue weighted by molar-refractivity contribution is -0.298. The van der Waals surface area contributed by atoms with Crippen LogP contribution >= 0.6 is 0 Å². The fourth-order valence-corrected chi connectivity index (χ4v) is 1.50. The van der Waals surface area contributed by atoms with E-state index < -0.39 is 37.3 Å². The standard InChI is InChI=1S/C10H18O7/c11-3-1-2-4-16-10-9(15)8(14)7(13)6(5-12)17-10/h1-2,6-15H,3-5H2/b2-1-/t6-,7+,8+,9-,10-/m1/s1. The number of ether oxygens (including phenoxy) is 2. The minimum absolute atomic E-state index is 0.0727. The molecule has 0 bridgehead atoms. The van der Waals surface area contributed by atoms with Gasteiger partial charge in [-0.15, -0.1) is 0 Å². The Labute approximate surface area is 98.5 Å². The van der Waals surface area contributed by atoms with Gasteiger partial charge in [-0.05, 0) is 0 Å². The van der Waals surface area contributed by atoms with Gasteiger partial charge in [-0.3, -0.25) is 0 Å². The van der Waals surface area contributed by atoms with Crippen molar-refractivity contribution in [3.63, 3.8) is 0 Å². The highest BCUT2D eigenvalue weighted by Crippen LogP contribution is 2.21. The molecule has 0 aromatic carbocycles. The van der Waals surface area contributed by atoms with E-state index in [1.54, 1.807) is 0 Å². The third-order valence-corrected chi connectivity index (χ3v) is 2.48. The number of aliphatic hydroxyl groups excluding tert-OH is 5. The molecule has 1 aliphatic heterocycles. The predicted octanol–water partition coefficient (Wildman–Crippen LogP) is -2.65. The van der Waals surface area contributed by atoms with Crippen molar-refractivity contribution in [1.29, 1.82) is 0 Å². The van der Waals surface area contributed by atoms with Crippen LogP contribution in [-0.2, 0) is 9.47 Å². The molecule has 100 valence electrons. The van der Waals surface area contributed by atoms with Crippen molar-refractivity contribution in [2.24, 2.45) is 0 Å². The zero-order chi connectivity index (χ0) is 12.8. The maximum atomic E-state index is 9.56. The monoisotopic (exact) mass is 250 g/mol. The van der Waals surface area contributed by atoms with Gasteiger partial charge in [-0.25, -0.2) is 0 Å². The van der Waals surface area contributed by atoms with E-state index in [2.05, 4.69) is 0 Å². The Balaban J connectivity index is 2.50. The first kappa shape index (κ1) is 14.5. The first-order valence-electron chi connectivity index (χ1n) is 5.29. The molecule has 0 aromatic heterocycles. The molecule has 17 heavy (non-hydrogen) atoms.